The Morgan fingerprint density at radius 1 is 1.10 bits per heavy atom. The van der Waals surface area contributed by atoms with Crippen LogP contribution in [0.5, 0.6) is 5.75 Å². The molecule has 6 nitrogen and oxygen atoms in total. The molecule has 2 heterocycles. The van der Waals surface area contributed by atoms with Crippen LogP contribution in [0.1, 0.15) is 0 Å². The normalized spacial score (nSPS) is 10.4. The number of nitrogens with zero attached hydrogens (tertiary/aromatic N) is 4. The fourth-order valence-electron chi connectivity index (χ4n) is 2.19. The summed E-state index contributed by atoms with van der Waals surface area (Å²) in [6, 6.07) is 11.8. The Kier molecular flexibility index (Phi) is 3.51. The number of methoxy groups -OCH3 is 1. The molecule has 0 saturated carbocycles. The first-order chi connectivity index (χ1) is 10.3. The highest BCUT2D eigenvalue weighted by Gasteiger charge is 2.17. The summed E-state index contributed by atoms with van der Waals surface area (Å²) in [7, 11) is 3.40. The second kappa shape index (κ2) is 5.62. The molecule has 106 valence electrons. The van der Waals surface area contributed by atoms with Gasteiger partial charge in [0, 0.05) is 7.05 Å². The maximum Gasteiger partial charge on any atom is 0.189 e. The molecule has 0 aliphatic rings. The van der Waals surface area contributed by atoms with Crippen molar-refractivity contribution in [3.63, 3.8) is 0 Å². The third-order valence-electron chi connectivity index (χ3n) is 3.13. The van der Waals surface area contributed by atoms with Gasteiger partial charge in [-0.25, -0.2) is 14.6 Å². The monoisotopic (exact) mass is 281 g/mol. The summed E-state index contributed by atoms with van der Waals surface area (Å²) < 4.78 is 7.28. The maximum atomic E-state index is 5.45. The fourth-order valence-corrected chi connectivity index (χ4v) is 2.19. The second-order valence-corrected chi connectivity index (χ2v) is 4.32. The summed E-state index contributed by atoms with van der Waals surface area (Å²) in [5.74, 6) is 1.24. The highest BCUT2D eigenvalue weighted by Crippen LogP contribution is 2.33. The standard InChI is InChI=1S/C15H15N5O/c1-16-15-14(21-2)13(17-10-18-15)12-8-9-19-20(12)11-6-4-3-5-7-11/h3-10H,1-2H3,(H,16,17,18). The van der Waals surface area contributed by atoms with E-state index >= 15 is 0 Å². The Balaban J connectivity index is 2.17. The van der Waals surface area contributed by atoms with E-state index in [9.17, 15) is 0 Å². The molecule has 2 aromatic heterocycles. The first kappa shape index (κ1) is 13.1. The molecule has 3 aromatic rings. The van der Waals surface area contributed by atoms with Crippen molar-refractivity contribution in [3.8, 4) is 22.8 Å². The van der Waals surface area contributed by atoms with Gasteiger partial charge < -0.3 is 10.1 Å². The Hall–Kier alpha value is -2.89. The molecule has 0 spiro atoms. The molecular formula is C15H15N5O. The maximum absolute atomic E-state index is 5.45. The Morgan fingerprint density at radius 2 is 1.90 bits per heavy atom. The van der Waals surface area contributed by atoms with Crippen LogP contribution < -0.4 is 10.1 Å². The first-order valence-corrected chi connectivity index (χ1v) is 6.51. The summed E-state index contributed by atoms with van der Waals surface area (Å²) >= 11 is 0. The van der Waals surface area contributed by atoms with Crippen LogP contribution in [-0.2, 0) is 0 Å². The van der Waals surface area contributed by atoms with Gasteiger partial charge >= 0.3 is 0 Å². The molecule has 1 N–H and O–H groups in total. The van der Waals surface area contributed by atoms with Gasteiger partial charge in [-0.2, -0.15) is 5.10 Å². The number of aromatic nitrogens is 4. The average molecular weight is 281 g/mol. The third kappa shape index (κ3) is 2.31. The summed E-state index contributed by atoms with van der Waals surface area (Å²) in [4.78, 5) is 8.51. The molecular weight excluding hydrogens is 266 g/mol. The van der Waals surface area contributed by atoms with Crippen LogP contribution in [0.3, 0.4) is 0 Å². The van der Waals surface area contributed by atoms with Crippen molar-refractivity contribution in [1.29, 1.82) is 0 Å². The zero-order chi connectivity index (χ0) is 14.7. The molecule has 0 fully saturated rings. The quantitative estimate of drug-likeness (QED) is 0.795. The van der Waals surface area contributed by atoms with Gasteiger partial charge in [-0.3, -0.25) is 0 Å². The molecule has 0 bridgehead atoms. The molecule has 0 unspecified atom stereocenters. The van der Waals surface area contributed by atoms with E-state index in [0.717, 1.165) is 11.4 Å². The van der Waals surface area contributed by atoms with E-state index in [4.69, 9.17) is 4.74 Å². The van der Waals surface area contributed by atoms with E-state index in [1.54, 1.807) is 20.4 Å². The summed E-state index contributed by atoms with van der Waals surface area (Å²) in [6.07, 6.45) is 3.24. The van der Waals surface area contributed by atoms with Crippen molar-refractivity contribution in [1.82, 2.24) is 19.7 Å². The van der Waals surface area contributed by atoms with Crippen molar-refractivity contribution >= 4 is 5.82 Å². The SMILES string of the molecule is CNc1ncnc(-c2ccnn2-c2ccccc2)c1OC. The molecule has 21 heavy (non-hydrogen) atoms. The molecule has 6 heteroatoms. The number of rotatable bonds is 4. The lowest BCUT2D eigenvalue weighted by Crippen LogP contribution is -2.04. The van der Waals surface area contributed by atoms with Crippen molar-refractivity contribution < 1.29 is 4.74 Å². The first-order valence-electron chi connectivity index (χ1n) is 6.51. The van der Waals surface area contributed by atoms with Crippen LogP contribution in [0.4, 0.5) is 5.82 Å². The van der Waals surface area contributed by atoms with Gasteiger partial charge in [-0.05, 0) is 18.2 Å². The van der Waals surface area contributed by atoms with E-state index in [0.29, 0.717) is 17.3 Å². The van der Waals surface area contributed by atoms with Crippen LogP contribution in [0, 0.1) is 0 Å². The molecule has 0 radical (unpaired) electrons. The van der Waals surface area contributed by atoms with Gasteiger partial charge in [-0.1, -0.05) is 18.2 Å². The predicted octanol–water partition coefficient (Wildman–Crippen LogP) is 2.38. The number of hydrogen-bond acceptors (Lipinski definition) is 5. The molecule has 0 atom stereocenters. The third-order valence-corrected chi connectivity index (χ3v) is 3.13. The van der Waals surface area contributed by atoms with E-state index in [1.807, 2.05) is 41.1 Å². The van der Waals surface area contributed by atoms with Crippen molar-refractivity contribution in [3.05, 3.63) is 48.9 Å². The van der Waals surface area contributed by atoms with E-state index in [-0.39, 0.29) is 0 Å². The molecule has 1 aromatic carbocycles. The minimum absolute atomic E-state index is 0.595. The molecule has 0 saturated heterocycles. The number of anilines is 1. The van der Waals surface area contributed by atoms with Crippen molar-refractivity contribution in [2.75, 3.05) is 19.5 Å². The van der Waals surface area contributed by atoms with Gasteiger partial charge in [0.2, 0.25) is 0 Å². The van der Waals surface area contributed by atoms with Crippen LogP contribution >= 0.6 is 0 Å². The smallest absolute Gasteiger partial charge is 0.189 e. The van der Waals surface area contributed by atoms with E-state index in [1.165, 1.54) is 6.33 Å². The van der Waals surface area contributed by atoms with E-state index < -0.39 is 0 Å². The number of benzene rings is 1. The highest BCUT2D eigenvalue weighted by molar-refractivity contribution is 5.71. The van der Waals surface area contributed by atoms with Crippen LogP contribution in [-0.4, -0.2) is 33.9 Å². The van der Waals surface area contributed by atoms with E-state index in [2.05, 4.69) is 20.4 Å². The Labute approximate surface area is 122 Å². The lowest BCUT2D eigenvalue weighted by Gasteiger charge is -2.12. The Morgan fingerprint density at radius 3 is 2.62 bits per heavy atom. The average Bonchev–Trinajstić information content (AvgIpc) is 3.04. The molecule has 0 aliphatic carbocycles. The lowest BCUT2D eigenvalue weighted by molar-refractivity contribution is 0.414. The largest absolute Gasteiger partial charge is 0.491 e. The van der Waals surface area contributed by atoms with Gasteiger partial charge in [0.15, 0.2) is 11.6 Å². The molecule has 0 aliphatic heterocycles. The lowest BCUT2D eigenvalue weighted by atomic mass is 10.2. The highest BCUT2D eigenvalue weighted by atomic mass is 16.5. The second-order valence-electron chi connectivity index (χ2n) is 4.32. The van der Waals surface area contributed by atoms with Gasteiger partial charge in [-0.15, -0.1) is 0 Å². The van der Waals surface area contributed by atoms with Crippen LogP contribution in [0.15, 0.2) is 48.9 Å². The number of nitrogens with one attached hydrogen (secondary N) is 1. The number of hydrogen-bond donors (Lipinski definition) is 1. The number of para-hydroxylation sites is 1. The molecule has 0 amide bonds. The number of ether oxygens (including phenoxy) is 1. The zero-order valence-corrected chi connectivity index (χ0v) is 11.8. The minimum atomic E-state index is 0.595. The van der Waals surface area contributed by atoms with Crippen molar-refractivity contribution in [2.45, 2.75) is 0 Å². The molecule has 3 rings (SSSR count). The van der Waals surface area contributed by atoms with Gasteiger partial charge in [0.05, 0.1) is 24.7 Å². The minimum Gasteiger partial charge on any atom is -0.491 e. The Bertz CT molecular complexity index is 739. The van der Waals surface area contributed by atoms with Crippen LogP contribution in [0.2, 0.25) is 0 Å². The summed E-state index contributed by atoms with van der Waals surface area (Å²) in [5.41, 5.74) is 2.50. The van der Waals surface area contributed by atoms with Crippen molar-refractivity contribution in [2.24, 2.45) is 0 Å². The van der Waals surface area contributed by atoms with Gasteiger partial charge in [0.1, 0.15) is 12.0 Å². The zero-order valence-electron chi connectivity index (χ0n) is 11.8. The van der Waals surface area contributed by atoms with Gasteiger partial charge in [0.25, 0.3) is 0 Å². The summed E-state index contributed by atoms with van der Waals surface area (Å²) in [6.45, 7) is 0. The topological polar surface area (TPSA) is 64.9 Å². The fraction of sp³-hybridized carbons (Fsp3) is 0.133. The summed E-state index contributed by atoms with van der Waals surface area (Å²) in [5, 5.41) is 7.38. The predicted molar refractivity (Wildman–Crippen MR) is 80.7 cm³/mol. The van der Waals surface area contributed by atoms with Crippen LogP contribution in [0.25, 0.3) is 17.1 Å².